The lowest BCUT2D eigenvalue weighted by molar-refractivity contribution is 0.483. The van der Waals surface area contributed by atoms with Crippen LogP contribution in [0.3, 0.4) is 0 Å². The van der Waals surface area contributed by atoms with E-state index in [1.165, 1.54) is 0 Å². The van der Waals surface area contributed by atoms with Gasteiger partial charge in [0.25, 0.3) is 0 Å². The van der Waals surface area contributed by atoms with Gasteiger partial charge < -0.3 is 5.73 Å². The number of nitrogens with one attached hydrogen (secondary N) is 1. The van der Waals surface area contributed by atoms with E-state index in [4.69, 9.17) is 5.73 Å². The Morgan fingerprint density at radius 1 is 1.33 bits per heavy atom. The molecule has 2 aromatic rings. The molecule has 3 N–H and O–H groups in total. The lowest BCUT2D eigenvalue weighted by Crippen LogP contribution is -2.27. The van der Waals surface area contributed by atoms with E-state index in [9.17, 15) is 17.2 Å². The third-order valence-electron chi connectivity index (χ3n) is 2.72. The summed E-state index contributed by atoms with van der Waals surface area (Å²) in [5, 5.41) is 3.96. The number of nitrogens with zero attached hydrogens (tertiary/aromatic N) is 2. The van der Waals surface area contributed by atoms with Gasteiger partial charge in [-0.2, -0.15) is 5.10 Å². The highest BCUT2D eigenvalue weighted by Crippen LogP contribution is 2.20. The van der Waals surface area contributed by atoms with Gasteiger partial charge >= 0.3 is 0 Å². The minimum absolute atomic E-state index is 0.0675. The van der Waals surface area contributed by atoms with E-state index in [0.717, 1.165) is 12.1 Å². The first-order chi connectivity index (χ1) is 9.90. The predicted molar refractivity (Wildman–Crippen MR) is 72.8 cm³/mol. The molecule has 0 aliphatic carbocycles. The number of aryl methyl sites for hydroxylation is 1. The summed E-state index contributed by atoms with van der Waals surface area (Å²) in [5.41, 5.74) is 5.17. The Hall–Kier alpha value is -2.00. The smallest absolute Gasteiger partial charge is 0.243 e. The largest absolute Gasteiger partial charge is 0.399 e. The molecule has 1 heterocycles. The number of nitrogens with two attached hydrogens (primary N) is 1. The van der Waals surface area contributed by atoms with Crippen LogP contribution in [0.25, 0.3) is 0 Å². The van der Waals surface area contributed by atoms with Gasteiger partial charge in [-0.3, -0.25) is 4.68 Å². The van der Waals surface area contributed by atoms with E-state index in [1.54, 1.807) is 23.1 Å². The van der Waals surface area contributed by atoms with Gasteiger partial charge in [0.2, 0.25) is 10.0 Å². The highest BCUT2D eigenvalue weighted by atomic mass is 32.2. The fraction of sp³-hybridized carbons (Fsp3) is 0.250. The van der Waals surface area contributed by atoms with Crippen LogP contribution < -0.4 is 10.5 Å². The Bertz CT molecular complexity index is 717. The second-order valence-electron chi connectivity index (χ2n) is 4.34. The fourth-order valence-corrected chi connectivity index (χ4v) is 2.93. The molecule has 0 amide bonds. The second-order valence-corrected chi connectivity index (χ2v) is 6.07. The molecule has 0 aliphatic rings. The number of nitrogen functional groups attached to an aromatic ring is 1. The summed E-state index contributed by atoms with van der Waals surface area (Å²) in [4.78, 5) is -0.793. The first kappa shape index (κ1) is 15.4. The first-order valence-corrected chi connectivity index (χ1v) is 7.60. The van der Waals surface area contributed by atoms with Gasteiger partial charge in [0.15, 0.2) is 11.6 Å². The molecule has 0 bridgehead atoms. The summed E-state index contributed by atoms with van der Waals surface area (Å²) in [6.07, 6.45) is 3.80. The third kappa shape index (κ3) is 3.76. The summed E-state index contributed by atoms with van der Waals surface area (Å²) in [5.74, 6) is -2.74. The number of hydrogen-bond acceptors (Lipinski definition) is 4. The predicted octanol–water partition coefficient (Wildman–Crippen LogP) is 1.11. The van der Waals surface area contributed by atoms with Gasteiger partial charge in [-0.05, 0) is 24.6 Å². The number of rotatable bonds is 6. The molecule has 0 atom stereocenters. The fourth-order valence-electron chi connectivity index (χ4n) is 1.74. The van der Waals surface area contributed by atoms with Crippen molar-refractivity contribution >= 4 is 15.7 Å². The SMILES string of the molecule is Nc1cc(F)c(F)c(S(=O)(=O)NCCCn2cccn2)c1. The lowest BCUT2D eigenvalue weighted by Gasteiger charge is -2.09. The van der Waals surface area contributed by atoms with Crippen molar-refractivity contribution in [1.29, 1.82) is 0 Å². The van der Waals surface area contributed by atoms with Crippen LogP contribution in [0, 0.1) is 11.6 Å². The third-order valence-corrected chi connectivity index (χ3v) is 4.18. The average molecular weight is 316 g/mol. The van der Waals surface area contributed by atoms with E-state index in [0.29, 0.717) is 13.0 Å². The van der Waals surface area contributed by atoms with Crippen molar-refractivity contribution in [3.63, 3.8) is 0 Å². The maximum absolute atomic E-state index is 13.5. The van der Waals surface area contributed by atoms with E-state index < -0.39 is 26.6 Å². The van der Waals surface area contributed by atoms with E-state index in [2.05, 4.69) is 9.82 Å². The lowest BCUT2D eigenvalue weighted by atomic mass is 10.3. The molecule has 1 aromatic carbocycles. The van der Waals surface area contributed by atoms with Gasteiger partial charge in [-0.1, -0.05) is 0 Å². The monoisotopic (exact) mass is 316 g/mol. The molecule has 0 radical (unpaired) electrons. The minimum Gasteiger partial charge on any atom is -0.399 e. The molecule has 6 nitrogen and oxygen atoms in total. The van der Waals surface area contributed by atoms with Crippen molar-refractivity contribution in [1.82, 2.24) is 14.5 Å². The van der Waals surface area contributed by atoms with Crippen LogP contribution in [0.4, 0.5) is 14.5 Å². The number of sulfonamides is 1. The van der Waals surface area contributed by atoms with Gasteiger partial charge in [0.1, 0.15) is 4.90 Å². The molecule has 0 spiro atoms. The summed E-state index contributed by atoms with van der Waals surface area (Å²) in [6, 6.07) is 3.36. The summed E-state index contributed by atoms with van der Waals surface area (Å²) in [7, 11) is -4.15. The topological polar surface area (TPSA) is 90.0 Å². The zero-order chi connectivity index (χ0) is 15.5. The molecule has 21 heavy (non-hydrogen) atoms. The Labute approximate surface area is 120 Å². The molecule has 114 valence electrons. The number of anilines is 1. The Kier molecular flexibility index (Phi) is 4.53. The Morgan fingerprint density at radius 3 is 2.76 bits per heavy atom. The zero-order valence-electron chi connectivity index (χ0n) is 11.0. The molecule has 0 saturated carbocycles. The van der Waals surface area contributed by atoms with Crippen molar-refractivity contribution < 1.29 is 17.2 Å². The molecule has 0 fully saturated rings. The normalized spacial score (nSPS) is 11.7. The minimum atomic E-state index is -4.15. The van der Waals surface area contributed by atoms with E-state index in [-0.39, 0.29) is 12.2 Å². The van der Waals surface area contributed by atoms with Crippen molar-refractivity contribution in [3.8, 4) is 0 Å². The van der Waals surface area contributed by atoms with Gasteiger partial charge in [0.05, 0.1) is 0 Å². The van der Waals surface area contributed by atoms with E-state index in [1.807, 2.05) is 0 Å². The number of halogens is 2. The summed E-state index contributed by atoms with van der Waals surface area (Å²) < 4.78 is 54.4. The van der Waals surface area contributed by atoms with Crippen LogP contribution in [0.15, 0.2) is 35.5 Å². The Balaban J connectivity index is 2.02. The quantitative estimate of drug-likeness (QED) is 0.617. The molecule has 9 heteroatoms. The van der Waals surface area contributed by atoms with Crippen LogP contribution in [-0.2, 0) is 16.6 Å². The maximum atomic E-state index is 13.5. The van der Waals surface area contributed by atoms with Crippen molar-refractivity contribution in [3.05, 3.63) is 42.2 Å². The number of hydrogen-bond donors (Lipinski definition) is 2. The first-order valence-electron chi connectivity index (χ1n) is 6.12. The molecule has 0 saturated heterocycles. The van der Waals surface area contributed by atoms with Crippen LogP contribution in [-0.4, -0.2) is 24.7 Å². The highest BCUT2D eigenvalue weighted by molar-refractivity contribution is 7.89. The second kappa shape index (κ2) is 6.19. The summed E-state index contributed by atoms with van der Waals surface area (Å²) >= 11 is 0. The van der Waals surface area contributed by atoms with Crippen LogP contribution in [0.1, 0.15) is 6.42 Å². The van der Waals surface area contributed by atoms with Crippen LogP contribution >= 0.6 is 0 Å². The van der Waals surface area contributed by atoms with Crippen molar-refractivity contribution in [2.24, 2.45) is 0 Å². The molecule has 0 unspecified atom stereocenters. The van der Waals surface area contributed by atoms with E-state index >= 15 is 0 Å². The van der Waals surface area contributed by atoms with Crippen LogP contribution in [0.2, 0.25) is 0 Å². The molecular weight excluding hydrogens is 302 g/mol. The number of aromatic nitrogens is 2. The number of benzene rings is 1. The standard InChI is InChI=1S/C12H14F2N4O2S/c13-10-7-9(15)8-11(12(10)14)21(19,20)17-4-2-6-18-5-1-3-16-18/h1,3,5,7-8,17H,2,4,6,15H2. The zero-order valence-corrected chi connectivity index (χ0v) is 11.8. The molecule has 2 rings (SSSR count). The summed E-state index contributed by atoms with van der Waals surface area (Å²) in [6.45, 7) is 0.571. The Morgan fingerprint density at radius 2 is 2.10 bits per heavy atom. The van der Waals surface area contributed by atoms with Crippen molar-refractivity contribution in [2.45, 2.75) is 17.9 Å². The average Bonchev–Trinajstić information content (AvgIpc) is 2.92. The molecular formula is C12H14F2N4O2S. The molecule has 0 aliphatic heterocycles. The van der Waals surface area contributed by atoms with Gasteiger partial charge in [0, 0.05) is 31.2 Å². The van der Waals surface area contributed by atoms with Gasteiger partial charge in [-0.25, -0.2) is 21.9 Å². The van der Waals surface area contributed by atoms with Crippen LogP contribution in [0.5, 0.6) is 0 Å². The highest BCUT2D eigenvalue weighted by Gasteiger charge is 2.22. The van der Waals surface area contributed by atoms with Gasteiger partial charge in [-0.15, -0.1) is 0 Å². The van der Waals surface area contributed by atoms with Crippen molar-refractivity contribution in [2.75, 3.05) is 12.3 Å². The maximum Gasteiger partial charge on any atom is 0.243 e. The molecule has 1 aromatic heterocycles.